The van der Waals surface area contributed by atoms with Crippen LogP contribution in [-0.2, 0) is 21.2 Å². The monoisotopic (exact) mass is 453 g/mol. The van der Waals surface area contributed by atoms with Crippen molar-refractivity contribution in [2.75, 3.05) is 7.11 Å². The number of methoxy groups -OCH3 is 1. The molecule has 2 atom stereocenters. The minimum absolute atomic E-state index is 0.0265. The van der Waals surface area contributed by atoms with Crippen LogP contribution < -0.4 is 4.74 Å². The van der Waals surface area contributed by atoms with Gasteiger partial charge in [0.05, 0.1) is 30.9 Å². The molecule has 0 radical (unpaired) electrons. The maximum absolute atomic E-state index is 12.7. The molecular weight excluding hydrogens is 426 g/mol. The predicted molar refractivity (Wildman–Crippen MR) is 123 cm³/mol. The second-order valence-electron chi connectivity index (χ2n) is 7.38. The van der Waals surface area contributed by atoms with E-state index in [1.165, 1.54) is 18.3 Å². The molecule has 0 aliphatic carbocycles. The Balaban J connectivity index is 1.78. The normalized spacial score (nSPS) is 14.0. The zero-order chi connectivity index (χ0) is 23.1. The van der Waals surface area contributed by atoms with Gasteiger partial charge in [0.2, 0.25) is 0 Å². The first kappa shape index (κ1) is 23.5. The largest absolute Gasteiger partial charge is 0.497 e. The van der Waals surface area contributed by atoms with E-state index in [4.69, 9.17) is 13.9 Å². The van der Waals surface area contributed by atoms with Gasteiger partial charge in [-0.05, 0) is 48.4 Å². The minimum atomic E-state index is -3.82. The quantitative estimate of drug-likeness (QED) is 0.386. The van der Waals surface area contributed by atoms with Gasteiger partial charge in [-0.2, -0.15) is 0 Å². The number of rotatable bonds is 10. The van der Waals surface area contributed by atoms with Gasteiger partial charge in [-0.25, -0.2) is 13.4 Å². The molecule has 3 rings (SSSR count). The molecule has 32 heavy (non-hydrogen) atoms. The number of ether oxygens (including phenoxy) is 2. The number of allylic oxidation sites excluding steroid dienone is 1. The summed E-state index contributed by atoms with van der Waals surface area (Å²) in [7, 11) is -2.19. The first-order valence-electron chi connectivity index (χ1n) is 10.2. The Hall–Kier alpha value is -3.16. The summed E-state index contributed by atoms with van der Waals surface area (Å²) in [5.41, 5.74) is 1.73. The third-order valence-electron chi connectivity index (χ3n) is 5.06. The maximum Gasteiger partial charge on any atom is 0.320 e. The predicted octanol–water partition coefficient (Wildman–Crippen LogP) is 5.33. The van der Waals surface area contributed by atoms with E-state index in [0.717, 1.165) is 16.9 Å². The molecule has 2 aromatic carbocycles. The van der Waals surface area contributed by atoms with Crippen LogP contribution in [-0.4, -0.2) is 26.6 Å². The lowest BCUT2D eigenvalue weighted by Gasteiger charge is -2.19. The van der Waals surface area contributed by atoms with E-state index in [9.17, 15) is 8.42 Å². The summed E-state index contributed by atoms with van der Waals surface area (Å²) in [5, 5.41) is -0.334. The first-order valence-corrected chi connectivity index (χ1v) is 11.7. The van der Waals surface area contributed by atoms with Gasteiger partial charge in [-0.3, -0.25) is 0 Å². The fraction of sp³-hybridized carbons (Fsp3) is 0.240. The molecule has 0 unspecified atom stereocenters. The second-order valence-corrected chi connectivity index (χ2v) is 9.20. The number of benzene rings is 2. The molecule has 0 aliphatic heterocycles. The van der Waals surface area contributed by atoms with Crippen LogP contribution in [0, 0.1) is 5.92 Å². The molecule has 0 fully saturated rings. The van der Waals surface area contributed by atoms with Crippen LogP contribution in [0.3, 0.4) is 0 Å². The Bertz CT molecular complexity index is 1160. The number of sulfone groups is 1. The van der Waals surface area contributed by atoms with E-state index in [-0.39, 0.29) is 22.1 Å². The van der Waals surface area contributed by atoms with E-state index in [2.05, 4.69) is 11.6 Å². The molecule has 0 amide bonds. The van der Waals surface area contributed by atoms with Crippen molar-refractivity contribution < 1.29 is 22.3 Å². The SMILES string of the molecule is C=C[C@H](C)[C@H](/C=C(\C)c1cnc(S(=O)(=O)c2ccccc2)o1)OCc1ccc(OC)cc1. The zero-order valence-electron chi connectivity index (χ0n) is 18.4. The molecule has 0 bridgehead atoms. The first-order chi connectivity index (χ1) is 15.3. The van der Waals surface area contributed by atoms with E-state index < -0.39 is 9.84 Å². The molecular formula is C25H27NO5S. The van der Waals surface area contributed by atoms with Crippen LogP contribution in [0.15, 0.2) is 94.1 Å². The third kappa shape index (κ3) is 5.55. The van der Waals surface area contributed by atoms with E-state index in [1.807, 2.05) is 50.3 Å². The molecule has 0 spiro atoms. The van der Waals surface area contributed by atoms with Gasteiger partial charge < -0.3 is 13.9 Å². The number of nitrogens with zero attached hydrogens (tertiary/aromatic N) is 1. The average molecular weight is 454 g/mol. The second kappa shape index (κ2) is 10.4. The van der Waals surface area contributed by atoms with Crippen molar-refractivity contribution in [1.82, 2.24) is 4.98 Å². The zero-order valence-corrected chi connectivity index (χ0v) is 19.2. The molecule has 3 aromatic rings. The lowest BCUT2D eigenvalue weighted by molar-refractivity contribution is 0.0504. The van der Waals surface area contributed by atoms with Crippen molar-refractivity contribution in [3.8, 4) is 5.75 Å². The van der Waals surface area contributed by atoms with Crippen LogP contribution in [0.1, 0.15) is 25.2 Å². The molecule has 1 aromatic heterocycles. The van der Waals surface area contributed by atoms with Crippen molar-refractivity contribution in [1.29, 1.82) is 0 Å². The Labute approximate surface area is 189 Å². The highest BCUT2D eigenvalue weighted by atomic mass is 32.2. The highest BCUT2D eigenvalue weighted by molar-refractivity contribution is 7.91. The molecule has 1 heterocycles. The fourth-order valence-corrected chi connectivity index (χ4v) is 4.10. The summed E-state index contributed by atoms with van der Waals surface area (Å²) in [6.45, 7) is 8.11. The van der Waals surface area contributed by atoms with Crippen molar-refractivity contribution in [3.05, 3.63) is 90.8 Å². The maximum atomic E-state index is 12.7. The molecule has 0 N–H and O–H groups in total. The van der Waals surface area contributed by atoms with Gasteiger partial charge in [0, 0.05) is 5.92 Å². The summed E-state index contributed by atoms with van der Waals surface area (Å²) in [5.74, 6) is 1.18. The lowest BCUT2D eigenvalue weighted by atomic mass is 10.0. The Morgan fingerprint density at radius 3 is 2.47 bits per heavy atom. The van der Waals surface area contributed by atoms with E-state index in [1.54, 1.807) is 25.3 Å². The summed E-state index contributed by atoms with van der Waals surface area (Å²) in [6, 6.07) is 15.7. The standard InChI is InChI=1S/C25H27NO5S/c1-5-18(2)23(30-17-20-11-13-21(29-4)14-12-20)15-19(3)24-16-26-25(31-24)32(27,28)22-9-7-6-8-10-22/h5-16,18,23H,1,17H2,2-4H3/b19-15+/t18-,23-/m0/s1. The van der Waals surface area contributed by atoms with Gasteiger partial charge in [-0.15, -0.1) is 6.58 Å². The topological polar surface area (TPSA) is 78.6 Å². The van der Waals surface area contributed by atoms with Crippen molar-refractivity contribution in [2.45, 2.75) is 36.7 Å². The number of oxazole rings is 1. The van der Waals surface area contributed by atoms with Crippen molar-refractivity contribution in [2.24, 2.45) is 5.92 Å². The Kier molecular flexibility index (Phi) is 7.66. The van der Waals surface area contributed by atoms with Gasteiger partial charge in [0.1, 0.15) is 5.75 Å². The van der Waals surface area contributed by atoms with Crippen molar-refractivity contribution >= 4 is 15.4 Å². The molecule has 168 valence electrons. The highest BCUT2D eigenvalue weighted by Crippen LogP contribution is 2.25. The molecule has 6 nitrogen and oxygen atoms in total. The Morgan fingerprint density at radius 2 is 1.84 bits per heavy atom. The number of hydrogen-bond acceptors (Lipinski definition) is 6. The molecule has 0 aliphatic rings. The summed E-state index contributed by atoms with van der Waals surface area (Å²) < 4.78 is 42.4. The Morgan fingerprint density at radius 1 is 1.16 bits per heavy atom. The summed E-state index contributed by atoms with van der Waals surface area (Å²) in [6.07, 6.45) is 4.85. The molecule has 7 heteroatoms. The van der Waals surface area contributed by atoms with E-state index in [0.29, 0.717) is 12.4 Å². The third-order valence-corrected chi connectivity index (χ3v) is 6.60. The van der Waals surface area contributed by atoms with Crippen LogP contribution in [0.5, 0.6) is 5.75 Å². The van der Waals surface area contributed by atoms with Crippen LogP contribution >= 0.6 is 0 Å². The van der Waals surface area contributed by atoms with Crippen LogP contribution in [0.2, 0.25) is 0 Å². The number of hydrogen-bond donors (Lipinski definition) is 0. The van der Waals surface area contributed by atoms with Crippen molar-refractivity contribution in [3.63, 3.8) is 0 Å². The summed E-state index contributed by atoms with van der Waals surface area (Å²) in [4.78, 5) is 4.13. The number of aromatic nitrogens is 1. The molecule has 0 saturated heterocycles. The smallest absolute Gasteiger partial charge is 0.320 e. The van der Waals surface area contributed by atoms with Gasteiger partial charge in [-0.1, -0.05) is 43.3 Å². The van der Waals surface area contributed by atoms with Gasteiger partial charge in [0.25, 0.3) is 9.84 Å². The van der Waals surface area contributed by atoms with Crippen LogP contribution in [0.4, 0.5) is 0 Å². The van der Waals surface area contributed by atoms with Crippen LogP contribution in [0.25, 0.3) is 5.57 Å². The van der Waals surface area contributed by atoms with Gasteiger partial charge in [0.15, 0.2) is 5.76 Å². The summed E-state index contributed by atoms with van der Waals surface area (Å²) >= 11 is 0. The lowest BCUT2D eigenvalue weighted by Crippen LogP contribution is -2.18. The van der Waals surface area contributed by atoms with Gasteiger partial charge >= 0.3 is 5.22 Å². The van der Waals surface area contributed by atoms with E-state index >= 15 is 0 Å². The minimum Gasteiger partial charge on any atom is -0.497 e. The molecule has 0 saturated carbocycles. The highest BCUT2D eigenvalue weighted by Gasteiger charge is 2.24. The average Bonchev–Trinajstić information content (AvgIpc) is 3.33. The fourth-order valence-electron chi connectivity index (χ4n) is 2.99.